The van der Waals surface area contributed by atoms with Crippen LogP contribution in [0.5, 0.6) is 5.75 Å². The summed E-state index contributed by atoms with van der Waals surface area (Å²) in [5, 5.41) is 12.0. The lowest BCUT2D eigenvalue weighted by Crippen LogP contribution is -2.46. The van der Waals surface area contributed by atoms with E-state index >= 15 is 0 Å². The van der Waals surface area contributed by atoms with E-state index in [1.54, 1.807) is 7.11 Å². The summed E-state index contributed by atoms with van der Waals surface area (Å²) in [7, 11) is 1.62. The van der Waals surface area contributed by atoms with Gasteiger partial charge in [-0.2, -0.15) is 0 Å². The van der Waals surface area contributed by atoms with E-state index < -0.39 is 5.54 Å². The number of benzene rings is 1. The van der Waals surface area contributed by atoms with Crippen molar-refractivity contribution in [2.75, 3.05) is 13.7 Å². The van der Waals surface area contributed by atoms with Gasteiger partial charge in [0.25, 0.3) is 0 Å². The van der Waals surface area contributed by atoms with E-state index in [-0.39, 0.29) is 18.4 Å². The summed E-state index contributed by atoms with van der Waals surface area (Å²) in [5.41, 5.74) is 0.580. The van der Waals surface area contributed by atoms with Crippen molar-refractivity contribution in [1.82, 2.24) is 5.32 Å². The minimum Gasteiger partial charge on any atom is -0.497 e. The molecule has 0 bridgehead atoms. The molecule has 0 aliphatic rings. The van der Waals surface area contributed by atoms with Crippen molar-refractivity contribution in [3.8, 4) is 5.75 Å². The smallest absolute Gasteiger partial charge is 0.227 e. The van der Waals surface area contributed by atoms with Gasteiger partial charge in [-0.3, -0.25) is 4.79 Å². The lowest BCUT2D eigenvalue weighted by molar-refractivity contribution is -0.124. The van der Waals surface area contributed by atoms with Crippen molar-refractivity contribution in [2.24, 2.45) is 0 Å². The van der Waals surface area contributed by atoms with E-state index in [0.29, 0.717) is 6.42 Å². The van der Waals surface area contributed by atoms with Crippen LogP contribution in [-0.2, 0) is 4.79 Å². The van der Waals surface area contributed by atoms with Crippen LogP contribution in [0.15, 0.2) is 24.3 Å². The number of nitrogens with one attached hydrogen (secondary N) is 1. The van der Waals surface area contributed by atoms with E-state index in [4.69, 9.17) is 9.84 Å². The summed E-state index contributed by atoms with van der Waals surface area (Å²) in [6, 6.07) is 7.57. The predicted molar refractivity (Wildman–Crippen MR) is 80.0 cm³/mol. The van der Waals surface area contributed by atoms with Gasteiger partial charge in [-0.25, -0.2) is 0 Å². The number of methoxy groups -OCH3 is 1. The van der Waals surface area contributed by atoms with Crippen LogP contribution >= 0.6 is 0 Å². The number of carbonyl (C=O) groups is 1. The van der Waals surface area contributed by atoms with E-state index in [2.05, 4.69) is 5.32 Å². The van der Waals surface area contributed by atoms with Gasteiger partial charge in [0, 0.05) is 12.1 Å². The van der Waals surface area contributed by atoms with Crippen molar-refractivity contribution in [3.63, 3.8) is 0 Å². The molecular formula is C16H25NO3. The Hall–Kier alpha value is -1.55. The zero-order valence-corrected chi connectivity index (χ0v) is 12.8. The van der Waals surface area contributed by atoms with Crippen LogP contribution in [0.3, 0.4) is 0 Å². The normalized spacial score (nSPS) is 12.8. The fourth-order valence-corrected chi connectivity index (χ4v) is 2.17. The Labute approximate surface area is 121 Å². The first-order valence-corrected chi connectivity index (χ1v) is 7.00. The van der Waals surface area contributed by atoms with Gasteiger partial charge >= 0.3 is 0 Å². The number of rotatable bonds is 7. The maximum atomic E-state index is 12.4. The van der Waals surface area contributed by atoms with Crippen LogP contribution in [0.25, 0.3) is 0 Å². The van der Waals surface area contributed by atoms with E-state index in [1.165, 1.54) is 0 Å². The molecule has 0 fully saturated rings. The Morgan fingerprint density at radius 1 is 1.35 bits per heavy atom. The van der Waals surface area contributed by atoms with Crippen LogP contribution in [-0.4, -0.2) is 30.3 Å². The van der Waals surface area contributed by atoms with Gasteiger partial charge in [0.1, 0.15) is 5.75 Å². The third-order valence-electron chi connectivity index (χ3n) is 3.44. The SMILES string of the molecule is CC[C@@H](C(=O)NC(C)(C)CCO)c1ccc(OC)cc1. The largest absolute Gasteiger partial charge is 0.497 e. The predicted octanol–water partition coefficient (Wildman–Crippen LogP) is 2.47. The molecule has 1 atom stereocenters. The van der Waals surface area contributed by atoms with Gasteiger partial charge in [-0.15, -0.1) is 0 Å². The highest BCUT2D eigenvalue weighted by molar-refractivity contribution is 5.84. The van der Waals surface area contributed by atoms with Gasteiger partial charge in [-0.1, -0.05) is 19.1 Å². The molecule has 0 aliphatic heterocycles. The number of hydrogen-bond acceptors (Lipinski definition) is 3. The van der Waals surface area contributed by atoms with E-state index in [1.807, 2.05) is 45.0 Å². The van der Waals surface area contributed by atoms with Crippen molar-refractivity contribution >= 4 is 5.91 Å². The third kappa shape index (κ3) is 4.53. The quantitative estimate of drug-likeness (QED) is 0.806. The molecule has 112 valence electrons. The van der Waals surface area contributed by atoms with Crippen molar-refractivity contribution < 1.29 is 14.6 Å². The van der Waals surface area contributed by atoms with Gasteiger partial charge < -0.3 is 15.2 Å². The standard InChI is InChI=1S/C16H25NO3/c1-5-14(12-6-8-13(20-4)9-7-12)15(19)17-16(2,3)10-11-18/h6-9,14,18H,5,10-11H2,1-4H3,(H,17,19)/t14-/m1/s1. The van der Waals surface area contributed by atoms with Crippen molar-refractivity contribution in [3.05, 3.63) is 29.8 Å². The molecule has 1 aromatic carbocycles. The molecule has 1 aromatic rings. The first-order chi connectivity index (χ1) is 9.43. The maximum Gasteiger partial charge on any atom is 0.227 e. The molecule has 4 nitrogen and oxygen atoms in total. The zero-order valence-electron chi connectivity index (χ0n) is 12.8. The summed E-state index contributed by atoms with van der Waals surface area (Å²) >= 11 is 0. The molecule has 2 N–H and O–H groups in total. The summed E-state index contributed by atoms with van der Waals surface area (Å²) in [5.74, 6) is 0.597. The monoisotopic (exact) mass is 279 g/mol. The molecule has 0 aromatic heterocycles. The summed E-state index contributed by atoms with van der Waals surface area (Å²) in [6.45, 7) is 5.89. The lowest BCUT2D eigenvalue weighted by Gasteiger charge is -2.28. The number of hydrogen-bond donors (Lipinski definition) is 2. The molecule has 0 spiro atoms. The van der Waals surface area contributed by atoms with Crippen LogP contribution < -0.4 is 10.1 Å². The topological polar surface area (TPSA) is 58.6 Å². The molecule has 20 heavy (non-hydrogen) atoms. The average Bonchev–Trinajstić information content (AvgIpc) is 2.39. The number of aliphatic hydroxyl groups is 1. The average molecular weight is 279 g/mol. The molecule has 0 saturated heterocycles. The van der Waals surface area contributed by atoms with Crippen LogP contribution in [0.4, 0.5) is 0 Å². The van der Waals surface area contributed by atoms with Crippen molar-refractivity contribution in [2.45, 2.75) is 45.1 Å². The molecule has 0 radical (unpaired) electrons. The fourth-order valence-electron chi connectivity index (χ4n) is 2.17. The van der Waals surface area contributed by atoms with Crippen LogP contribution in [0, 0.1) is 0 Å². The number of ether oxygens (including phenoxy) is 1. The fraction of sp³-hybridized carbons (Fsp3) is 0.562. The summed E-state index contributed by atoms with van der Waals surface area (Å²) in [6.07, 6.45) is 1.27. The molecule has 4 heteroatoms. The number of aliphatic hydroxyl groups excluding tert-OH is 1. The lowest BCUT2D eigenvalue weighted by atomic mass is 9.93. The van der Waals surface area contributed by atoms with Gasteiger partial charge in [0.05, 0.1) is 13.0 Å². The van der Waals surface area contributed by atoms with Gasteiger partial charge in [0.15, 0.2) is 0 Å². The number of carbonyl (C=O) groups excluding carboxylic acids is 1. The molecule has 0 saturated carbocycles. The third-order valence-corrected chi connectivity index (χ3v) is 3.44. The highest BCUT2D eigenvalue weighted by atomic mass is 16.5. The van der Waals surface area contributed by atoms with Crippen molar-refractivity contribution in [1.29, 1.82) is 0 Å². The summed E-state index contributed by atoms with van der Waals surface area (Å²) < 4.78 is 5.13. The van der Waals surface area contributed by atoms with Gasteiger partial charge in [0.2, 0.25) is 5.91 Å². The number of amides is 1. The second-order valence-electron chi connectivity index (χ2n) is 5.58. The Kier molecular flexibility index (Phi) is 6.02. The molecule has 1 amide bonds. The van der Waals surface area contributed by atoms with Gasteiger partial charge in [-0.05, 0) is 44.4 Å². The highest BCUT2D eigenvalue weighted by Gasteiger charge is 2.25. The highest BCUT2D eigenvalue weighted by Crippen LogP contribution is 2.23. The second kappa shape index (κ2) is 7.29. The molecule has 1 rings (SSSR count). The Balaban J connectivity index is 2.81. The molecule has 0 heterocycles. The first-order valence-electron chi connectivity index (χ1n) is 7.00. The first kappa shape index (κ1) is 16.5. The maximum absolute atomic E-state index is 12.4. The molecular weight excluding hydrogens is 254 g/mol. The zero-order chi connectivity index (χ0) is 15.2. The Morgan fingerprint density at radius 3 is 2.40 bits per heavy atom. The summed E-state index contributed by atoms with van der Waals surface area (Å²) in [4.78, 5) is 12.4. The Bertz CT molecular complexity index is 426. The molecule has 0 aliphatic carbocycles. The van der Waals surface area contributed by atoms with E-state index in [9.17, 15) is 4.79 Å². The minimum absolute atomic E-state index is 0.00360. The van der Waals surface area contributed by atoms with E-state index in [0.717, 1.165) is 17.7 Å². The van der Waals surface area contributed by atoms with Crippen LogP contribution in [0.1, 0.15) is 45.1 Å². The minimum atomic E-state index is -0.397. The second-order valence-corrected chi connectivity index (χ2v) is 5.58. The Morgan fingerprint density at radius 2 is 1.95 bits per heavy atom. The molecule has 0 unspecified atom stereocenters. The van der Waals surface area contributed by atoms with Crippen LogP contribution in [0.2, 0.25) is 0 Å².